The van der Waals surface area contributed by atoms with Crippen LogP contribution in [0.5, 0.6) is 0 Å². The highest BCUT2D eigenvalue weighted by atomic mass is 35.5. The van der Waals surface area contributed by atoms with Crippen molar-refractivity contribution in [1.82, 2.24) is 5.32 Å². The van der Waals surface area contributed by atoms with Gasteiger partial charge in [-0.1, -0.05) is 18.2 Å². The first kappa shape index (κ1) is 11.5. The normalized spacial score (nSPS) is 9.50. The van der Waals surface area contributed by atoms with Crippen LogP contribution in [0.2, 0.25) is 0 Å². The Kier molecular flexibility index (Phi) is 6.81. The monoisotopic (exact) mass is 191 g/mol. The van der Waals surface area contributed by atoms with Crippen molar-refractivity contribution in [2.45, 2.75) is 12.8 Å². The van der Waals surface area contributed by atoms with Crippen LogP contribution < -0.4 is 5.32 Å². The van der Waals surface area contributed by atoms with Gasteiger partial charge < -0.3 is 10.1 Å². The zero-order valence-electron chi connectivity index (χ0n) is 7.23. The van der Waals surface area contributed by atoms with E-state index in [2.05, 4.69) is 16.6 Å². The highest BCUT2D eigenvalue weighted by Crippen LogP contribution is 1.93. The Morgan fingerprint density at radius 1 is 1.67 bits per heavy atom. The molecule has 0 unspecified atom stereocenters. The van der Waals surface area contributed by atoms with E-state index < -0.39 is 0 Å². The summed E-state index contributed by atoms with van der Waals surface area (Å²) in [6.45, 7) is 4.85. The van der Waals surface area contributed by atoms with Crippen molar-refractivity contribution in [2.75, 3.05) is 20.2 Å². The van der Waals surface area contributed by atoms with Crippen molar-refractivity contribution in [1.29, 1.82) is 0 Å². The maximum Gasteiger partial charge on any atom is 0.305 e. The summed E-state index contributed by atoms with van der Waals surface area (Å²) in [4.78, 5) is 10.6. The Hall–Kier alpha value is -0.540. The Balaban J connectivity index is 3.11. The molecular weight excluding hydrogens is 178 g/mol. The van der Waals surface area contributed by atoms with Crippen LogP contribution in [0.4, 0.5) is 0 Å². The largest absolute Gasteiger partial charge is 0.469 e. The Labute approximate surface area is 77.7 Å². The molecule has 0 aromatic carbocycles. The Bertz CT molecular complexity index is 159. The maximum atomic E-state index is 10.6. The minimum Gasteiger partial charge on any atom is -0.469 e. The lowest BCUT2D eigenvalue weighted by Crippen LogP contribution is -2.17. The van der Waals surface area contributed by atoms with E-state index in [-0.39, 0.29) is 5.97 Å². The molecule has 12 heavy (non-hydrogen) atoms. The molecule has 0 heterocycles. The fraction of sp³-hybridized carbons (Fsp3) is 0.625. The molecule has 0 aliphatic rings. The lowest BCUT2D eigenvalue weighted by molar-refractivity contribution is -0.140. The topological polar surface area (TPSA) is 38.3 Å². The number of halogens is 1. The number of esters is 1. The Morgan fingerprint density at radius 2 is 2.33 bits per heavy atom. The minimum atomic E-state index is -0.179. The highest BCUT2D eigenvalue weighted by Gasteiger charge is 1.98. The fourth-order valence-electron chi connectivity index (χ4n) is 0.684. The van der Waals surface area contributed by atoms with Crippen molar-refractivity contribution in [2.24, 2.45) is 0 Å². The molecule has 0 saturated carbocycles. The molecule has 0 rings (SSSR count). The number of rotatable bonds is 6. The molecule has 0 saturated heterocycles. The van der Waals surface area contributed by atoms with Gasteiger partial charge >= 0.3 is 5.97 Å². The zero-order valence-corrected chi connectivity index (χ0v) is 7.99. The smallest absolute Gasteiger partial charge is 0.305 e. The zero-order chi connectivity index (χ0) is 9.40. The third kappa shape index (κ3) is 7.57. The summed E-state index contributed by atoms with van der Waals surface area (Å²) in [5.41, 5.74) is 0. The number of carbonyl (C=O) groups excluding carboxylic acids is 1. The SMILES string of the molecule is C=C(Cl)CNCCCC(=O)OC. The van der Waals surface area contributed by atoms with Gasteiger partial charge in [0.15, 0.2) is 0 Å². The highest BCUT2D eigenvalue weighted by molar-refractivity contribution is 6.29. The second-order valence-corrected chi connectivity index (χ2v) is 2.91. The van der Waals surface area contributed by atoms with Gasteiger partial charge in [0.2, 0.25) is 0 Å². The number of nitrogens with one attached hydrogen (secondary N) is 1. The standard InChI is InChI=1S/C8H14ClNO2/c1-7(9)6-10-5-3-4-8(11)12-2/h10H,1,3-6H2,2H3. The van der Waals surface area contributed by atoms with E-state index in [0.29, 0.717) is 18.0 Å². The molecule has 4 heteroatoms. The molecule has 0 aromatic heterocycles. The van der Waals surface area contributed by atoms with Crippen LogP contribution in [-0.2, 0) is 9.53 Å². The lowest BCUT2D eigenvalue weighted by Gasteiger charge is -2.01. The van der Waals surface area contributed by atoms with Crippen LogP contribution in [0.1, 0.15) is 12.8 Å². The maximum absolute atomic E-state index is 10.6. The van der Waals surface area contributed by atoms with Crippen molar-refractivity contribution >= 4 is 17.6 Å². The number of hydrogen-bond donors (Lipinski definition) is 1. The summed E-state index contributed by atoms with van der Waals surface area (Å²) in [5.74, 6) is -0.179. The van der Waals surface area contributed by atoms with Gasteiger partial charge in [0.25, 0.3) is 0 Å². The number of ether oxygens (including phenoxy) is 1. The first-order chi connectivity index (χ1) is 5.66. The lowest BCUT2D eigenvalue weighted by atomic mass is 10.3. The average Bonchev–Trinajstić information content (AvgIpc) is 2.03. The molecule has 0 aliphatic heterocycles. The molecule has 0 aromatic rings. The van der Waals surface area contributed by atoms with Gasteiger partial charge in [-0.05, 0) is 13.0 Å². The molecule has 0 atom stereocenters. The quantitative estimate of drug-likeness (QED) is 0.508. The summed E-state index contributed by atoms with van der Waals surface area (Å²) in [7, 11) is 1.39. The third-order valence-electron chi connectivity index (χ3n) is 1.28. The second kappa shape index (κ2) is 7.13. The van der Waals surface area contributed by atoms with E-state index >= 15 is 0 Å². The van der Waals surface area contributed by atoms with Crippen LogP contribution >= 0.6 is 11.6 Å². The average molecular weight is 192 g/mol. The molecule has 1 N–H and O–H groups in total. The van der Waals surface area contributed by atoms with Gasteiger partial charge in [-0.3, -0.25) is 4.79 Å². The molecule has 0 aliphatic carbocycles. The number of methoxy groups -OCH3 is 1. The van der Waals surface area contributed by atoms with E-state index in [9.17, 15) is 4.79 Å². The predicted octanol–water partition coefficient (Wildman–Crippen LogP) is 1.28. The molecule has 0 amide bonds. The van der Waals surface area contributed by atoms with E-state index in [4.69, 9.17) is 11.6 Å². The molecular formula is C8H14ClNO2. The van der Waals surface area contributed by atoms with Crippen LogP contribution in [0.15, 0.2) is 11.6 Å². The molecule has 3 nitrogen and oxygen atoms in total. The summed E-state index contributed by atoms with van der Waals surface area (Å²) in [6.07, 6.45) is 1.20. The van der Waals surface area contributed by atoms with Crippen molar-refractivity contribution in [3.63, 3.8) is 0 Å². The second-order valence-electron chi connectivity index (χ2n) is 2.37. The number of carbonyl (C=O) groups is 1. The van der Waals surface area contributed by atoms with Gasteiger partial charge in [-0.2, -0.15) is 0 Å². The van der Waals surface area contributed by atoms with Crippen LogP contribution in [0.25, 0.3) is 0 Å². The minimum absolute atomic E-state index is 0.179. The van der Waals surface area contributed by atoms with Crippen molar-refractivity contribution in [3.8, 4) is 0 Å². The van der Waals surface area contributed by atoms with Crippen molar-refractivity contribution < 1.29 is 9.53 Å². The van der Waals surface area contributed by atoms with E-state index in [1.54, 1.807) is 0 Å². The number of hydrogen-bond acceptors (Lipinski definition) is 3. The first-order valence-electron chi connectivity index (χ1n) is 3.77. The van der Waals surface area contributed by atoms with Crippen molar-refractivity contribution in [3.05, 3.63) is 11.6 Å². The van der Waals surface area contributed by atoms with Crippen LogP contribution in [-0.4, -0.2) is 26.2 Å². The van der Waals surface area contributed by atoms with Gasteiger partial charge in [0, 0.05) is 18.0 Å². The van der Waals surface area contributed by atoms with Gasteiger partial charge in [0.1, 0.15) is 0 Å². The third-order valence-corrected chi connectivity index (χ3v) is 1.41. The van der Waals surface area contributed by atoms with Crippen LogP contribution in [0, 0.1) is 0 Å². The molecule has 70 valence electrons. The van der Waals surface area contributed by atoms with Gasteiger partial charge in [-0.25, -0.2) is 0 Å². The molecule has 0 radical (unpaired) electrons. The molecule has 0 fully saturated rings. The van der Waals surface area contributed by atoms with E-state index in [1.807, 2.05) is 0 Å². The van der Waals surface area contributed by atoms with E-state index in [0.717, 1.165) is 13.0 Å². The summed E-state index contributed by atoms with van der Waals surface area (Å²) >= 11 is 5.50. The van der Waals surface area contributed by atoms with E-state index in [1.165, 1.54) is 7.11 Å². The fourth-order valence-corrected chi connectivity index (χ4v) is 0.778. The first-order valence-corrected chi connectivity index (χ1v) is 4.15. The molecule has 0 spiro atoms. The summed E-state index contributed by atoms with van der Waals surface area (Å²) in [6, 6.07) is 0. The van der Waals surface area contributed by atoms with Gasteiger partial charge in [-0.15, -0.1) is 0 Å². The predicted molar refractivity (Wildman–Crippen MR) is 49.1 cm³/mol. The Morgan fingerprint density at radius 3 is 2.83 bits per heavy atom. The van der Waals surface area contributed by atoms with Crippen LogP contribution in [0.3, 0.4) is 0 Å². The van der Waals surface area contributed by atoms with Gasteiger partial charge in [0.05, 0.1) is 7.11 Å². The summed E-state index contributed by atoms with van der Waals surface area (Å²) < 4.78 is 4.47. The summed E-state index contributed by atoms with van der Waals surface area (Å²) in [5, 5.41) is 3.60. The molecule has 0 bridgehead atoms.